The topological polar surface area (TPSA) is 95.7 Å². The average Bonchev–Trinajstić information content (AvgIpc) is 2.40. The molecular formula is C15H12N4O. The number of aromatic nitrogens is 1. The third-order valence-corrected chi connectivity index (χ3v) is 2.76. The molecular weight excluding hydrogens is 252 g/mol. The summed E-state index contributed by atoms with van der Waals surface area (Å²) < 4.78 is 5.70. The van der Waals surface area contributed by atoms with Crippen molar-refractivity contribution >= 4 is 5.69 Å². The number of hydrogen-bond donors (Lipinski definition) is 1. The van der Waals surface area contributed by atoms with Crippen LogP contribution in [0.3, 0.4) is 0 Å². The summed E-state index contributed by atoms with van der Waals surface area (Å²) in [5, 5.41) is 18.0. The van der Waals surface area contributed by atoms with Gasteiger partial charge >= 0.3 is 0 Å². The molecule has 0 unspecified atom stereocenters. The number of ether oxygens (including phenoxy) is 1. The Hall–Kier alpha value is -3.05. The number of rotatable bonds is 2. The molecule has 2 N–H and O–H groups in total. The molecule has 2 aromatic rings. The number of nitriles is 2. The van der Waals surface area contributed by atoms with E-state index >= 15 is 0 Å². The maximum Gasteiger partial charge on any atom is 0.150 e. The van der Waals surface area contributed by atoms with Gasteiger partial charge in [-0.3, -0.25) is 4.98 Å². The minimum Gasteiger partial charge on any atom is -0.454 e. The summed E-state index contributed by atoms with van der Waals surface area (Å²) >= 11 is 0. The van der Waals surface area contributed by atoms with Gasteiger partial charge in [0.2, 0.25) is 0 Å². The molecule has 0 fully saturated rings. The normalized spacial score (nSPS) is 9.60. The fourth-order valence-electron chi connectivity index (χ4n) is 1.84. The van der Waals surface area contributed by atoms with Gasteiger partial charge in [0.1, 0.15) is 23.1 Å². The summed E-state index contributed by atoms with van der Waals surface area (Å²) in [7, 11) is 0. The molecule has 0 radical (unpaired) electrons. The van der Waals surface area contributed by atoms with E-state index in [2.05, 4.69) is 11.1 Å². The van der Waals surface area contributed by atoms with E-state index in [0.717, 1.165) is 5.69 Å². The lowest BCUT2D eigenvalue weighted by Gasteiger charge is -2.11. The van der Waals surface area contributed by atoms with E-state index in [1.54, 1.807) is 25.1 Å². The fraction of sp³-hybridized carbons (Fsp3) is 0.133. The van der Waals surface area contributed by atoms with Crippen LogP contribution in [0.15, 0.2) is 24.3 Å². The molecule has 0 spiro atoms. The largest absolute Gasteiger partial charge is 0.454 e. The van der Waals surface area contributed by atoms with Gasteiger partial charge in [-0.25, -0.2) is 0 Å². The van der Waals surface area contributed by atoms with Gasteiger partial charge in [-0.05, 0) is 32.0 Å². The molecule has 20 heavy (non-hydrogen) atoms. The maximum absolute atomic E-state index is 9.18. The first-order chi connectivity index (χ1) is 9.55. The number of pyridine rings is 1. The van der Waals surface area contributed by atoms with E-state index in [0.29, 0.717) is 34.0 Å². The lowest BCUT2D eigenvalue weighted by Crippen LogP contribution is -1.98. The van der Waals surface area contributed by atoms with Gasteiger partial charge in [-0.1, -0.05) is 0 Å². The van der Waals surface area contributed by atoms with Gasteiger partial charge < -0.3 is 10.5 Å². The first-order valence-corrected chi connectivity index (χ1v) is 5.91. The third kappa shape index (κ3) is 2.52. The van der Waals surface area contributed by atoms with Crippen LogP contribution in [0, 0.1) is 36.5 Å². The van der Waals surface area contributed by atoms with Crippen molar-refractivity contribution in [2.45, 2.75) is 13.8 Å². The molecule has 1 heterocycles. The number of nitrogens with zero attached hydrogens (tertiary/aromatic N) is 3. The molecule has 0 amide bonds. The number of aryl methyl sites for hydroxylation is 2. The lowest BCUT2D eigenvalue weighted by molar-refractivity contribution is 0.481. The van der Waals surface area contributed by atoms with Gasteiger partial charge in [0.05, 0.1) is 23.0 Å². The Morgan fingerprint density at radius 2 is 1.85 bits per heavy atom. The van der Waals surface area contributed by atoms with Crippen molar-refractivity contribution in [3.8, 4) is 23.6 Å². The Morgan fingerprint density at radius 1 is 1.10 bits per heavy atom. The van der Waals surface area contributed by atoms with Crippen LogP contribution in [0.1, 0.15) is 22.5 Å². The predicted octanol–water partition coefficient (Wildman–Crippen LogP) is 2.82. The molecule has 0 bridgehead atoms. The summed E-state index contributed by atoms with van der Waals surface area (Å²) in [6.07, 6.45) is 0. The molecule has 2 rings (SSSR count). The molecule has 0 saturated carbocycles. The highest BCUT2D eigenvalue weighted by molar-refractivity contribution is 5.59. The van der Waals surface area contributed by atoms with Gasteiger partial charge in [-0.2, -0.15) is 10.5 Å². The van der Waals surface area contributed by atoms with Crippen molar-refractivity contribution in [3.05, 3.63) is 46.8 Å². The lowest BCUT2D eigenvalue weighted by atomic mass is 10.1. The van der Waals surface area contributed by atoms with E-state index in [-0.39, 0.29) is 0 Å². The molecule has 0 aliphatic heterocycles. The van der Waals surface area contributed by atoms with E-state index in [1.165, 1.54) is 6.07 Å². The predicted molar refractivity (Wildman–Crippen MR) is 74.1 cm³/mol. The molecule has 5 heteroatoms. The van der Waals surface area contributed by atoms with Crippen LogP contribution in [0.25, 0.3) is 0 Å². The van der Waals surface area contributed by atoms with Gasteiger partial charge in [0.15, 0.2) is 0 Å². The Kier molecular flexibility index (Phi) is 3.54. The standard InChI is InChI=1S/C15H12N4O/c1-9-5-15(12(8-17)10(2)19-9)20-14-4-3-11(7-16)6-13(14)18/h3-6H,18H2,1-2H3. The van der Waals surface area contributed by atoms with Crippen LogP contribution in [0.4, 0.5) is 5.69 Å². The minimum absolute atomic E-state index is 0.347. The average molecular weight is 264 g/mol. The van der Waals surface area contributed by atoms with Gasteiger partial charge in [0, 0.05) is 11.8 Å². The Bertz CT molecular complexity index is 754. The summed E-state index contributed by atoms with van der Waals surface area (Å²) in [6.45, 7) is 3.57. The van der Waals surface area contributed by atoms with Crippen molar-refractivity contribution in [2.75, 3.05) is 5.73 Å². The van der Waals surface area contributed by atoms with Crippen molar-refractivity contribution in [3.63, 3.8) is 0 Å². The van der Waals surface area contributed by atoms with Crippen LogP contribution >= 0.6 is 0 Å². The number of benzene rings is 1. The molecule has 1 aromatic heterocycles. The Labute approximate surface area is 116 Å². The van der Waals surface area contributed by atoms with Crippen LogP contribution in [0.5, 0.6) is 11.5 Å². The first-order valence-electron chi connectivity index (χ1n) is 5.91. The van der Waals surface area contributed by atoms with Crippen LogP contribution in [-0.2, 0) is 0 Å². The molecule has 0 atom stereocenters. The highest BCUT2D eigenvalue weighted by atomic mass is 16.5. The number of hydrogen-bond acceptors (Lipinski definition) is 5. The molecule has 1 aromatic carbocycles. The number of anilines is 1. The quantitative estimate of drug-likeness (QED) is 0.841. The second kappa shape index (κ2) is 5.29. The summed E-state index contributed by atoms with van der Waals surface area (Å²) in [4.78, 5) is 4.22. The second-order valence-corrected chi connectivity index (χ2v) is 4.30. The Morgan fingerprint density at radius 3 is 2.45 bits per heavy atom. The molecule has 0 aliphatic rings. The SMILES string of the molecule is Cc1cc(Oc2ccc(C#N)cc2N)c(C#N)c(C)n1. The summed E-state index contributed by atoms with van der Waals surface area (Å²) in [6, 6.07) is 10.5. The van der Waals surface area contributed by atoms with Crippen molar-refractivity contribution in [2.24, 2.45) is 0 Å². The van der Waals surface area contributed by atoms with Crippen molar-refractivity contribution < 1.29 is 4.74 Å². The molecule has 98 valence electrons. The maximum atomic E-state index is 9.18. The van der Waals surface area contributed by atoms with Gasteiger partial charge in [0.25, 0.3) is 0 Å². The zero-order valence-corrected chi connectivity index (χ0v) is 11.1. The van der Waals surface area contributed by atoms with E-state index < -0.39 is 0 Å². The summed E-state index contributed by atoms with van der Waals surface area (Å²) in [5.74, 6) is 0.819. The number of nitrogen functional groups attached to an aromatic ring is 1. The van der Waals surface area contributed by atoms with Crippen LogP contribution in [-0.4, -0.2) is 4.98 Å². The molecule has 0 saturated heterocycles. The third-order valence-electron chi connectivity index (χ3n) is 2.76. The monoisotopic (exact) mass is 264 g/mol. The molecule has 0 aliphatic carbocycles. The smallest absolute Gasteiger partial charge is 0.150 e. The van der Waals surface area contributed by atoms with E-state index in [4.69, 9.17) is 15.7 Å². The highest BCUT2D eigenvalue weighted by Gasteiger charge is 2.12. The fourth-order valence-corrected chi connectivity index (χ4v) is 1.84. The van der Waals surface area contributed by atoms with E-state index in [9.17, 15) is 5.26 Å². The first kappa shape index (κ1) is 13.4. The second-order valence-electron chi connectivity index (χ2n) is 4.30. The zero-order valence-electron chi connectivity index (χ0n) is 11.1. The Balaban J connectivity index is 2.46. The van der Waals surface area contributed by atoms with E-state index in [1.807, 2.05) is 13.0 Å². The van der Waals surface area contributed by atoms with Crippen LogP contribution in [0.2, 0.25) is 0 Å². The van der Waals surface area contributed by atoms with Gasteiger partial charge in [-0.15, -0.1) is 0 Å². The van der Waals surface area contributed by atoms with Crippen molar-refractivity contribution in [1.29, 1.82) is 10.5 Å². The highest BCUT2D eigenvalue weighted by Crippen LogP contribution is 2.31. The number of nitrogens with two attached hydrogens (primary N) is 1. The van der Waals surface area contributed by atoms with Crippen molar-refractivity contribution in [1.82, 2.24) is 4.98 Å². The summed E-state index contributed by atoms with van der Waals surface area (Å²) in [5.41, 5.74) is 8.38. The molecule has 5 nitrogen and oxygen atoms in total. The minimum atomic E-state index is 0.347. The zero-order chi connectivity index (χ0) is 14.7. The van der Waals surface area contributed by atoms with Crippen LogP contribution < -0.4 is 10.5 Å².